The third-order valence-electron chi connectivity index (χ3n) is 19.3. The largest absolute Gasteiger partial charge is 0.494 e. The molecule has 6 fully saturated rings. The standard InChI is InChI=1S/C72H80N8O36Si8/c81-73(82)57-9-25-65(26-10-57)97-41-1-49-117-105-118(50-2-42-98-66-27-11-58(12-28-66)74(83)84)108-121(53-5-45-101-69-33-17-61(18-34-69)77(89)90)110-119(106-117,51-3-43-99-67-29-13-59(14-30-67)75(85)86)112-123(55-7-47-103-71-37-21-63(22-38-71)79(93)94)113-120(107-117,52-4-44-100-68-31-15-60(16-32-68)76(87)88)111-122(109-118,54-6-46-102-70-35-19-62(20-36-70)78(91)92)115-124(114-121,116-123)56-8-48-104-72-39-23-64(24-40-72)80(95)96/h9-40H,1-8,41-56H2. The Balaban J connectivity index is 1.00. The van der Waals surface area contributed by atoms with E-state index >= 15 is 0 Å². The highest BCUT2D eigenvalue weighted by atomic mass is 28.6. The van der Waals surface area contributed by atoms with Crippen molar-refractivity contribution in [3.63, 3.8) is 0 Å². The number of hydrogen-bond donors (Lipinski definition) is 0. The van der Waals surface area contributed by atoms with Crippen molar-refractivity contribution in [3.05, 3.63) is 275 Å². The van der Waals surface area contributed by atoms with Gasteiger partial charge < -0.3 is 87.3 Å². The van der Waals surface area contributed by atoms with Gasteiger partial charge in [0.2, 0.25) is 0 Å². The fourth-order valence-electron chi connectivity index (χ4n) is 13.7. The molecule has 8 bridgehead atoms. The molecule has 44 nitrogen and oxygen atoms in total. The summed E-state index contributed by atoms with van der Waals surface area (Å²) in [5.74, 6) is 1.74. The minimum atomic E-state index is -5.14. The summed E-state index contributed by atoms with van der Waals surface area (Å²) < 4.78 is 147. The van der Waals surface area contributed by atoms with Crippen molar-refractivity contribution in [2.75, 3.05) is 52.9 Å². The molecular formula is C72H80N8O36Si8. The lowest BCUT2D eigenvalue weighted by Gasteiger charge is -2.63. The SMILES string of the molecule is O=[N+]([O-])c1ccc(OCCC[Si]23O[Si]4(CCCOc5ccc([N+](=O)[O-])cc5)O[Si]5(CCCOc6ccc([N+](=O)[O-])cc6)O[Si](CCCOc6ccc([N+](=O)[O-])cc6)(O2)O[Si]2(CCCOc6ccc([N+](=O)[O-])cc6)O[Si](CCCOc6ccc([N+](=O)[O-])cc6)(O3)O[Si](CCCOc3ccc([N+](=O)[O-])cc3)(O4)O[Si](CCCOc3ccc([N+](=O)[O-])cc3)(O5)O2)cc1. The maximum absolute atomic E-state index is 11.9. The molecule has 0 aliphatic carbocycles. The van der Waals surface area contributed by atoms with Crippen LogP contribution in [0.1, 0.15) is 51.4 Å². The third-order valence-corrected chi connectivity index (χ3v) is 56.9. The van der Waals surface area contributed by atoms with E-state index in [1.807, 2.05) is 0 Å². The smallest absolute Gasteiger partial charge is 0.479 e. The molecule has 6 heterocycles. The molecule has 0 N–H and O–H groups in total. The number of benzene rings is 8. The van der Waals surface area contributed by atoms with E-state index in [4.69, 9.17) is 87.3 Å². The molecule has 52 heteroatoms. The Kier molecular flexibility index (Phi) is 29.2. The molecule has 0 radical (unpaired) electrons. The molecule has 6 saturated heterocycles. The highest BCUT2D eigenvalue weighted by Gasteiger charge is 2.83. The number of rotatable bonds is 48. The maximum Gasteiger partial charge on any atom is 0.479 e. The lowest BCUT2D eigenvalue weighted by molar-refractivity contribution is -0.385. The van der Waals surface area contributed by atoms with Gasteiger partial charge >= 0.3 is 70.4 Å². The van der Waals surface area contributed by atoms with E-state index in [9.17, 15) is 80.9 Å². The second-order valence-corrected chi connectivity index (χ2v) is 53.0. The summed E-state index contributed by atoms with van der Waals surface area (Å²) in [6.07, 6.45) is -0.385. The Morgan fingerprint density at radius 3 is 0.339 bits per heavy atom. The normalized spacial score (nSPS) is 23.4. The topological polar surface area (TPSA) is 530 Å². The van der Waals surface area contributed by atoms with Crippen molar-refractivity contribution >= 4 is 116 Å². The summed E-state index contributed by atoms with van der Waals surface area (Å²) in [7, 11) is -41.1. The van der Waals surface area contributed by atoms with Gasteiger partial charge in [-0.15, -0.1) is 0 Å². The van der Waals surface area contributed by atoms with Crippen LogP contribution in [0.15, 0.2) is 194 Å². The molecule has 0 unspecified atom stereocenters. The second-order valence-electron chi connectivity index (χ2n) is 28.3. The average molecular weight is 1860 g/mol. The van der Waals surface area contributed by atoms with Gasteiger partial charge in [0, 0.05) is 145 Å². The number of non-ortho nitro benzene ring substituents is 8. The van der Waals surface area contributed by atoms with Crippen LogP contribution in [0.3, 0.4) is 0 Å². The zero-order chi connectivity index (χ0) is 87.6. The van der Waals surface area contributed by atoms with Crippen LogP contribution in [-0.2, 0) is 49.4 Å². The maximum atomic E-state index is 11.9. The fraction of sp³-hybridized carbons (Fsp3) is 0.333. The van der Waals surface area contributed by atoms with E-state index in [1.54, 1.807) is 0 Å². The molecular weight excluding hydrogens is 1780 g/mol. The van der Waals surface area contributed by atoms with Gasteiger partial charge in [-0.1, -0.05) is 0 Å². The molecule has 124 heavy (non-hydrogen) atoms. The van der Waals surface area contributed by atoms with Crippen molar-refractivity contribution in [2.45, 2.75) is 99.7 Å². The predicted molar refractivity (Wildman–Crippen MR) is 443 cm³/mol. The summed E-state index contributed by atoms with van der Waals surface area (Å²) in [4.78, 5) is 90.3. The zero-order valence-electron chi connectivity index (χ0n) is 65.7. The van der Waals surface area contributed by atoms with Crippen molar-refractivity contribution in [1.29, 1.82) is 0 Å². The van der Waals surface area contributed by atoms with E-state index in [2.05, 4.69) is 0 Å². The molecule has 0 amide bonds. The van der Waals surface area contributed by atoms with Gasteiger partial charge in [0.1, 0.15) is 46.0 Å². The molecule has 6 aliphatic heterocycles. The number of nitrogens with zero attached hydrogens (tertiary/aromatic N) is 8. The Labute approximate surface area is 712 Å². The first-order chi connectivity index (χ1) is 59.5. The van der Waals surface area contributed by atoms with Crippen LogP contribution in [0, 0.1) is 80.9 Å². The van der Waals surface area contributed by atoms with Crippen LogP contribution in [0.4, 0.5) is 45.5 Å². The highest BCUT2D eigenvalue weighted by molar-refractivity contribution is 7.03. The molecule has 14 rings (SSSR count). The van der Waals surface area contributed by atoms with E-state index in [0.717, 1.165) is 0 Å². The lowest BCUT2D eigenvalue weighted by atomic mass is 10.3. The monoisotopic (exact) mass is 1860 g/mol. The van der Waals surface area contributed by atoms with Gasteiger partial charge in [-0.25, -0.2) is 0 Å². The van der Waals surface area contributed by atoms with Crippen LogP contribution in [0.5, 0.6) is 46.0 Å². The Hall–Kier alpha value is -11.4. The third kappa shape index (κ3) is 23.7. The van der Waals surface area contributed by atoms with Crippen molar-refractivity contribution in [1.82, 2.24) is 0 Å². The van der Waals surface area contributed by atoms with Crippen LogP contribution >= 0.6 is 0 Å². The number of hydrogen-bond acceptors (Lipinski definition) is 36. The van der Waals surface area contributed by atoms with Crippen molar-refractivity contribution in [2.24, 2.45) is 0 Å². The molecule has 6 aliphatic rings. The Morgan fingerprint density at radius 2 is 0.258 bits per heavy atom. The van der Waals surface area contributed by atoms with Gasteiger partial charge in [0.25, 0.3) is 45.5 Å². The first kappa shape index (κ1) is 90.3. The number of nitro benzene ring substituents is 8. The molecule has 0 atom stereocenters. The minimum absolute atomic E-state index is 0.0481. The second kappa shape index (κ2) is 40.1. The van der Waals surface area contributed by atoms with Gasteiger partial charge in [-0.05, 0) is 148 Å². The quantitative estimate of drug-likeness (QED) is 0.0148. The molecule has 0 spiro atoms. The summed E-state index contributed by atoms with van der Waals surface area (Å²) in [5, 5.41) is 94.9. The predicted octanol–water partition coefficient (Wildman–Crippen LogP) is 14.8. The minimum Gasteiger partial charge on any atom is -0.494 e. The number of nitro groups is 8. The van der Waals surface area contributed by atoms with E-state index in [1.165, 1.54) is 194 Å². The van der Waals surface area contributed by atoms with Crippen molar-refractivity contribution < 1.29 is 127 Å². The van der Waals surface area contributed by atoms with E-state index in [-0.39, 0.29) is 244 Å². The number of ether oxygens (including phenoxy) is 8. The van der Waals surface area contributed by atoms with Crippen LogP contribution in [-0.4, -0.2) is 163 Å². The zero-order valence-corrected chi connectivity index (χ0v) is 73.7. The fourth-order valence-corrected chi connectivity index (χ4v) is 63.9. The summed E-state index contributed by atoms with van der Waals surface area (Å²) in [6.45, 7) is -1.39. The molecule has 8 aromatic rings. The van der Waals surface area contributed by atoms with Crippen LogP contribution in [0.25, 0.3) is 0 Å². The van der Waals surface area contributed by atoms with Crippen LogP contribution < -0.4 is 37.9 Å². The molecule has 8 aromatic carbocycles. The average Bonchev–Trinajstić information content (AvgIpc) is 0.685. The first-order valence-electron chi connectivity index (χ1n) is 39.0. The van der Waals surface area contributed by atoms with E-state index < -0.39 is 110 Å². The van der Waals surface area contributed by atoms with Gasteiger partial charge in [0.05, 0.1) is 92.2 Å². The van der Waals surface area contributed by atoms with Gasteiger partial charge in [-0.3, -0.25) is 80.9 Å². The summed E-state index contributed by atoms with van der Waals surface area (Å²) >= 11 is 0. The van der Waals surface area contributed by atoms with Crippen LogP contribution in [0.2, 0.25) is 48.4 Å². The molecule has 0 aromatic heterocycles. The first-order valence-corrected chi connectivity index (χ1v) is 54.4. The Bertz CT molecular complexity index is 4070. The molecule has 656 valence electrons. The highest BCUT2D eigenvalue weighted by Crippen LogP contribution is 2.55. The lowest BCUT2D eigenvalue weighted by Crippen LogP contribution is -2.88. The summed E-state index contributed by atoms with van der Waals surface area (Å²) in [5.41, 5.74) is -1.76. The van der Waals surface area contributed by atoms with Gasteiger partial charge in [0.15, 0.2) is 0 Å². The Morgan fingerprint density at radius 1 is 0.169 bits per heavy atom. The van der Waals surface area contributed by atoms with E-state index in [0.29, 0.717) is 0 Å². The summed E-state index contributed by atoms with van der Waals surface area (Å²) in [6, 6.07) is 40.5. The molecule has 0 saturated carbocycles. The van der Waals surface area contributed by atoms with Crippen molar-refractivity contribution in [3.8, 4) is 46.0 Å². The van der Waals surface area contributed by atoms with Gasteiger partial charge in [-0.2, -0.15) is 0 Å².